The fourth-order valence-corrected chi connectivity index (χ4v) is 3.19. The van der Waals surface area contributed by atoms with E-state index < -0.39 is 10.2 Å². The molecule has 0 unspecified atom stereocenters. The van der Waals surface area contributed by atoms with Crippen molar-refractivity contribution in [3.8, 4) is 11.5 Å². The van der Waals surface area contributed by atoms with Crippen molar-refractivity contribution in [3.05, 3.63) is 58.0 Å². The van der Waals surface area contributed by atoms with Gasteiger partial charge in [0.1, 0.15) is 0 Å². The third kappa shape index (κ3) is 4.18. The average Bonchev–Trinajstić information content (AvgIpc) is 2.63. The smallest absolute Gasteiger partial charge is 0.296 e. The van der Waals surface area contributed by atoms with E-state index in [-0.39, 0.29) is 5.56 Å². The second-order valence-electron chi connectivity index (χ2n) is 5.77. The molecule has 0 amide bonds. The molecule has 4 N–H and O–H groups in total. The third-order valence-electron chi connectivity index (χ3n) is 3.96. The molecule has 0 bridgehead atoms. The fraction of sp³-hybridized carbons (Fsp3) is 0.176. The summed E-state index contributed by atoms with van der Waals surface area (Å²) in [4.78, 5) is 12.1. The Balaban J connectivity index is 1.99. The van der Waals surface area contributed by atoms with Gasteiger partial charge in [-0.05, 0) is 29.8 Å². The Hall–Kier alpha value is -3.11. The Morgan fingerprint density at radius 1 is 1.07 bits per heavy atom. The molecular weight excluding hydrogens is 372 g/mol. The van der Waals surface area contributed by atoms with Crippen molar-refractivity contribution in [2.75, 3.05) is 18.9 Å². The van der Waals surface area contributed by atoms with Crippen LogP contribution in [0.3, 0.4) is 0 Å². The van der Waals surface area contributed by atoms with E-state index in [0.717, 1.165) is 5.56 Å². The van der Waals surface area contributed by atoms with E-state index in [1.807, 2.05) is 0 Å². The number of fused-ring (bicyclic) bond motifs is 1. The topological polar surface area (TPSA) is 136 Å². The Labute approximate surface area is 155 Å². The molecule has 1 aromatic heterocycles. The second-order valence-corrected chi connectivity index (χ2v) is 7.07. The van der Waals surface area contributed by atoms with Gasteiger partial charge in [0.15, 0.2) is 11.5 Å². The standard InChI is InChI=1S/C17H18N4O5S/c1-25-15-8-12-13(9-16(15)26-2)17(22)20-19-14(12)7-10-3-5-11(6-4-10)21-27(18,23)24/h3-6,8-9,21H,7H2,1-2H3,(H,20,22)(H2,18,23,24). The summed E-state index contributed by atoms with van der Waals surface area (Å²) in [6.07, 6.45) is 0.415. The van der Waals surface area contributed by atoms with Crippen LogP contribution in [0.5, 0.6) is 11.5 Å². The first-order chi connectivity index (χ1) is 12.8. The predicted molar refractivity (Wildman–Crippen MR) is 101 cm³/mol. The molecule has 3 rings (SSSR count). The van der Waals surface area contributed by atoms with E-state index >= 15 is 0 Å². The monoisotopic (exact) mass is 390 g/mol. The number of hydrogen-bond acceptors (Lipinski definition) is 6. The number of ether oxygens (including phenoxy) is 2. The van der Waals surface area contributed by atoms with Gasteiger partial charge < -0.3 is 9.47 Å². The number of anilines is 1. The molecule has 10 heteroatoms. The number of benzene rings is 2. The zero-order chi connectivity index (χ0) is 19.6. The van der Waals surface area contributed by atoms with Crippen molar-refractivity contribution in [1.82, 2.24) is 10.2 Å². The van der Waals surface area contributed by atoms with Gasteiger partial charge in [-0.1, -0.05) is 12.1 Å². The molecule has 0 atom stereocenters. The van der Waals surface area contributed by atoms with Gasteiger partial charge in [0, 0.05) is 17.5 Å². The Bertz CT molecular complexity index is 1140. The van der Waals surface area contributed by atoms with E-state index in [2.05, 4.69) is 14.9 Å². The molecule has 1 heterocycles. The van der Waals surface area contributed by atoms with Gasteiger partial charge >= 0.3 is 0 Å². The Morgan fingerprint density at radius 2 is 1.67 bits per heavy atom. The molecule has 0 fully saturated rings. The molecule has 142 valence electrons. The summed E-state index contributed by atoms with van der Waals surface area (Å²) in [5.74, 6) is 0.942. The largest absolute Gasteiger partial charge is 0.493 e. The normalized spacial score (nSPS) is 11.4. The highest BCUT2D eigenvalue weighted by molar-refractivity contribution is 7.90. The molecule has 0 saturated heterocycles. The molecule has 9 nitrogen and oxygen atoms in total. The number of methoxy groups -OCH3 is 2. The van der Waals surface area contributed by atoms with E-state index in [9.17, 15) is 13.2 Å². The summed E-state index contributed by atoms with van der Waals surface area (Å²) in [5.41, 5.74) is 1.53. The number of aromatic amines is 1. The molecule has 0 aliphatic rings. The third-order valence-corrected chi connectivity index (χ3v) is 4.48. The van der Waals surface area contributed by atoms with E-state index in [0.29, 0.717) is 40.1 Å². The first-order valence-electron chi connectivity index (χ1n) is 7.83. The second kappa shape index (κ2) is 7.25. The van der Waals surface area contributed by atoms with Crippen LogP contribution >= 0.6 is 0 Å². The average molecular weight is 390 g/mol. The lowest BCUT2D eigenvalue weighted by molar-refractivity contribution is 0.356. The van der Waals surface area contributed by atoms with Crippen LogP contribution in [0.1, 0.15) is 11.3 Å². The maximum absolute atomic E-state index is 12.1. The van der Waals surface area contributed by atoms with Crippen molar-refractivity contribution in [2.24, 2.45) is 5.14 Å². The molecule has 0 aliphatic carbocycles. The summed E-state index contributed by atoms with van der Waals surface area (Å²) in [5, 5.41) is 12.7. The maximum atomic E-state index is 12.1. The number of nitrogens with zero attached hydrogens (tertiary/aromatic N) is 1. The number of rotatable bonds is 6. The van der Waals surface area contributed by atoms with Gasteiger partial charge in [-0.15, -0.1) is 0 Å². The van der Waals surface area contributed by atoms with Crippen molar-refractivity contribution in [3.63, 3.8) is 0 Å². The van der Waals surface area contributed by atoms with Crippen LogP contribution < -0.4 is 24.9 Å². The minimum Gasteiger partial charge on any atom is -0.493 e. The van der Waals surface area contributed by atoms with Gasteiger partial charge in [0.25, 0.3) is 15.8 Å². The van der Waals surface area contributed by atoms with Crippen LogP contribution in [0.4, 0.5) is 5.69 Å². The van der Waals surface area contributed by atoms with Crippen molar-refractivity contribution in [2.45, 2.75) is 6.42 Å². The summed E-state index contributed by atoms with van der Waals surface area (Å²) in [6, 6.07) is 9.99. The minimum atomic E-state index is -3.82. The van der Waals surface area contributed by atoms with Crippen molar-refractivity contribution >= 4 is 26.7 Å². The molecule has 0 saturated carbocycles. The quantitative estimate of drug-likeness (QED) is 0.577. The molecular formula is C17H18N4O5S. The zero-order valence-corrected chi connectivity index (χ0v) is 15.5. The highest BCUT2D eigenvalue weighted by atomic mass is 32.2. The molecule has 0 aliphatic heterocycles. The molecule has 0 radical (unpaired) electrons. The van der Waals surface area contributed by atoms with Gasteiger partial charge in [0.05, 0.1) is 25.3 Å². The molecule has 2 aromatic carbocycles. The number of aromatic nitrogens is 2. The highest BCUT2D eigenvalue weighted by Crippen LogP contribution is 2.32. The van der Waals surface area contributed by atoms with E-state index in [4.69, 9.17) is 14.6 Å². The van der Waals surface area contributed by atoms with Crippen LogP contribution in [0.25, 0.3) is 10.8 Å². The van der Waals surface area contributed by atoms with E-state index in [1.54, 1.807) is 36.4 Å². The number of H-pyrrole nitrogens is 1. The first kappa shape index (κ1) is 18.7. The van der Waals surface area contributed by atoms with Gasteiger partial charge in [-0.3, -0.25) is 9.52 Å². The number of nitrogens with one attached hydrogen (secondary N) is 2. The lowest BCUT2D eigenvalue weighted by atomic mass is 10.0. The van der Waals surface area contributed by atoms with Crippen molar-refractivity contribution in [1.29, 1.82) is 0 Å². The number of hydrogen-bond donors (Lipinski definition) is 3. The minimum absolute atomic E-state index is 0.331. The van der Waals surface area contributed by atoms with Crippen LogP contribution in [0.15, 0.2) is 41.2 Å². The lowest BCUT2D eigenvalue weighted by Gasteiger charge is -2.11. The Kier molecular flexibility index (Phi) is 5.02. The summed E-state index contributed by atoms with van der Waals surface area (Å²) >= 11 is 0. The summed E-state index contributed by atoms with van der Waals surface area (Å²) < 4.78 is 34.9. The molecule has 3 aromatic rings. The lowest BCUT2D eigenvalue weighted by Crippen LogP contribution is -2.21. The molecule has 27 heavy (non-hydrogen) atoms. The van der Waals surface area contributed by atoms with Gasteiger partial charge in [-0.2, -0.15) is 13.5 Å². The van der Waals surface area contributed by atoms with Gasteiger partial charge in [0.2, 0.25) is 0 Å². The summed E-state index contributed by atoms with van der Waals surface area (Å²) in [6.45, 7) is 0. The predicted octanol–water partition coefficient (Wildman–Crippen LogP) is 1.15. The SMILES string of the molecule is COc1cc2c(Cc3ccc(NS(N)(=O)=O)cc3)n[nH]c(=O)c2cc1OC. The van der Waals surface area contributed by atoms with Crippen LogP contribution in [0.2, 0.25) is 0 Å². The van der Waals surface area contributed by atoms with Gasteiger partial charge in [-0.25, -0.2) is 10.2 Å². The zero-order valence-electron chi connectivity index (χ0n) is 14.6. The Morgan fingerprint density at radius 3 is 2.22 bits per heavy atom. The highest BCUT2D eigenvalue weighted by Gasteiger charge is 2.13. The van der Waals surface area contributed by atoms with Crippen LogP contribution in [-0.4, -0.2) is 32.8 Å². The van der Waals surface area contributed by atoms with Crippen molar-refractivity contribution < 1.29 is 17.9 Å². The fourth-order valence-electron chi connectivity index (χ4n) is 2.73. The van der Waals surface area contributed by atoms with Crippen LogP contribution in [0, 0.1) is 0 Å². The molecule has 0 spiro atoms. The first-order valence-corrected chi connectivity index (χ1v) is 9.38. The van der Waals surface area contributed by atoms with E-state index in [1.165, 1.54) is 14.2 Å². The maximum Gasteiger partial charge on any atom is 0.296 e. The summed E-state index contributed by atoms with van der Waals surface area (Å²) in [7, 11) is -0.812. The number of nitrogens with two attached hydrogens (primary N) is 1. The van der Waals surface area contributed by atoms with Crippen LogP contribution in [-0.2, 0) is 16.6 Å².